The van der Waals surface area contributed by atoms with E-state index in [4.69, 9.17) is 9.47 Å². The Morgan fingerprint density at radius 3 is 2.35 bits per heavy atom. The average molecular weight is 280 g/mol. The van der Waals surface area contributed by atoms with Crippen LogP contribution in [-0.4, -0.2) is 32.2 Å². The van der Waals surface area contributed by atoms with Gasteiger partial charge in [-0.05, 0) is 38.5 Å². The molecule has 0 heterocycles. The van der Waals surface area contributed by atoms with Crippen molar-refractivity contribution in [2.24, 2.45) is 0 Å². The number of carbonyl (C=O) groups is 1. The Hall–Kier alpha value is -1.75. The second-order valence-corrected chi connectivity index (χ2v) is 4.96. The van der Waals surface area contributed by atoms with Crippen LogP contribution in [0, 0.1) is 0 Å². The van der Waals surface area contributed by atoms with Gasteiger partial charge in [0.2, 0.25) is 5.91 Å². The molecule has 112 valence electrons. The van der Waals surface area contributed by atoms with Gasteiger partial charge in [-0.25, -0.2) is 0 Å². The van der Waals surface area contributed by atoms with Crippen molar-refractivity contribution >= 4 is 5.91 Å². The number of benzene rings is 1. The number of amides is 1. The van der Waals surface area contributed by atoms with Gasteiger partial charge in [0.1, 0.15) is 0 Å². The number of ether oxygens (including phenoxy) is 2. The van der Waals surface area contributed by atoms with E-state index in [1.54, 1.807) is 14.2 Å². The summed E-state index contributed by atoms with van der Waals surface area (Å²) in [6, 6.07) is 5.60. The summed E-state index contributed by atoms with van der Waals surface area (Å²) in [4.78, 5) is 11.8. The van der Waals surface area contributed by atoms with Crippen molar-refractivity contribution in [3.63, 3.8) is 0 Å². The smallest absolute Gasteiger partial charge is 0.237 e. The van der Waals surface area contributed by atoms with Crippen molar-refractivity contribution in [1.82, 2.24) is 10.6 Å². The van der Waals surface area contributed by atoms with Crippen LogP contribution in [-0.2, 0) is 11.3 Å². The molecule has 1 atom stereocenters. The third-order valence-electron chi connectivity index (χ3n) is 2.88. The molecule has 0 aliphatic carbocycles. The van der Waals surface area contributed by atoms with Gasteiger partial charge < -0.3 is 20.1 Å². The molecule has 2 N–H and O–H groups in total. The maximum atomic E-state index is 11.8. The van der Waals surface area contributed by atoms with Gasteiger partial charge in [-0.1, -0.05) is 6.07 Å². The number of nitrogens with one attached hydrogen (secondary N) is 2. The molecule has 0 aliphatic heterocycles. The number of carbonyl (C=O) groups excluding carboxylic acids is 1. The van der Waals surface area contributed by atoms with Crippen molar-refractivity contribution in [3.05, 3.63) is 23.8 Å². The van der Waals surface area contributed by atoms with E-state index in [1.165, 1.54) is 0 Å². The Labute approximate surface area is 120 Å². The largest absolute Gasteiger partial charge is 0.493 e. The summed E-state index contributed by atoms with van der Waals surface area (Å²) in [7, 11) is 3.21. The molecule has 5 heteroatoms. The van der Waals surface area contributed by atoms with E-state index in [1.807, 2.05) is 39.0 Å². The summed E-state index contributed by atoms with van der Waals surface area (Å²) in [5.41, 5.74) is 1.03. The van der Waals surface area contributed by atoms with Gasteiger partial charge >= 0.3 is 0 Å². The Kier molecular flexibility index (Phi) is 6.31. The Morgan fingerprint density at radius 2 is 1.80 bits per heavy atom. The van der Waals surface area contributed by atoms with E-state index in [9.17, 15) is 4.79 Å². The van der Waals surface area contributed by atoms with Crippen LogP contribution < -0.4 is 20.1 Å². The highest BCUT2D eigenvalue weighted by Crippen LogP contribution is 2.27. The highest BCUT2D eigenvalue weighted by molar-refractivity contribution is 5.81. The topological polar surface area (TPSA) is 59.6 Å². The van der Waals surface area contributed by atoms with Gasteiger partial charge in [0.15, 0.2) is 11.5 Å². The van der Waals surface area contributed by atoms with Gasteiger partial charge in [0, 0.05) is 12.6 Å². The second-order valence-electron chi connectivity index (χ2n) is 4.96. The molecule has 20 heavy (non-hydrogen) atoms. The van der Waals surface area contributed by atoms with Crippen LogP contribution in [0.25, 0.3) is 0 Å². The lowest BCUT2D eigenvalue weighted by Gasteiger charge is -2.16. The van der Waals surface area contributed by atoms with Crippen LogP contribution in [0.5, 0.6) is 11.5 Å². The monoisotopic (exact) mass is 280 g/mol. The number of hydrogen-bond acceptors (Lipinski definition) is 4. The molecular weight excluding hydrogens is 256 g/mol. The lowest BCUT2D eigenvalue weighted by Crippen LogP contribution is -2.44. The van der Waals surface area contributed by atoms with E-state index in [0.717, 1.165) is 5.56 Å². The molecule has 5 nitrogen and oxygen atoms in total. The van der Waals surface area contributed by atoms with E-state index < -0.39 is 0 Å². The van der Waals surface area contributed by atoms with Gasteiger partial charge in [-0.3, -0.25) is 4.79 Å². The molecular formula is C15H24N2O3. The minimum absolute atomic E-state index is 0.000441. The summed E-state index contributed by atoms with van der Waals surface area (Å²) >= 11 is 0. The predicted molar refractivity (Wildman–Crippen MR) is 79.1 cm³/mol. The maximum Gasteiger partial charge on any atom is 0.237 e. The molecule has 0 aliphatic rings. The van der Waals surface area contributed by atoms with Crippen molar-refractivity contribution in [3.8, 4) is 11.5 Å². The number of methoxy groups -OCH3 is 2. The summed E-state index contributed by atoms with van der Waals surface area (Å²) in [6.07, 6.45) is 0. The quantitative estimate of drug-likeness (QED) is 0.798. The first-order chi connectivity index (χ1) is 9.47. The van der Waals surface area contributed by atoms with Gasteiger partial charge in [0.25, 0.3) is 0 Å². The summed E-state index contributed by atoms with van der Waals surface area (Å²) in [5.74, 6) is 1.38. The first kappa shape index (κ1) is 16.3. The maximum absolute atomic E-state index is 11.8. The van der Waals surface area contributed by atoms with Gasteiger partial charge in [-0.15, -0.1) is 0 Å². The van der Waals surface area contributed by atoms with E-state index >= 15 is 0 Å². The highest BCUT2D eigenvalue weighted by Gasteiger charge is 2.13. The molecule has 0 aromatic heterocycles. The molecule has 0 saturated heterocycles. The molecule has 0 radical (unpaired) electrons. The summed E-state index contributed by atoms with van der Waals surface area (Å²) in [5, 5.41) is 6.06. The van der Waals surface area contributed by atoms with Crippen molar-refractivity contribution < 1.29 is 14.3 Å². The summed E-state index contributed by atoms with van der Waals surface area (Å²) < 4.78 is 10.4. The normalized spacial score (nSPS) is 12.1. The van der Waals surface area contributed by atoms with Crippen LogP contribution in [0.3, 0.4) is 0 Å². The Balaban J connectivity index is 2.59. The molecule has 1 amide bonds. The van der Waals surface area contributed by atoms with Gasteiger partial charge in [-0.2, -0.15) is 0 Å². The van der Waals surface area contributed by atoms with E-state index in [-0.39, 0.29) is 18.0 Å². The fourth-order valence-electron chi connectivity index (χ4n) is 1.76. The number of rotatable bonds is 7. The van der Waals surface area contributed by atoms with Crippen LogP contribution in [0.2, 0.25) is 0 Å². The SMILES string of the molecule is COc1ccc(CN[C@H](C)C(=O)NC(C)C)cc1OC. The van der Waals surface area contributed by atoms with Crippen molar-refractivity contribution in [2.75, 3.05) is 14.2 Å². The second kappa shape index (κ2) is 7.75. The molecule has 0 spiro atoms. The number of hydrogen-bond donors (Lipinski definition) is 2. The minimum atomic E-state index is -0.245. The fourth-order valence-corrected chi connectivity index (χ4v) is 1.76. The Bertz CT molecular complexity index is 447. The molecule has 1 rings (SSSR count). The Morgan fingerprint density at radius 1 is 1.15 bits per heavy atom. The van der Waals surface area contributed by atoms with Crippen LogP contribution in [0.15, 0.2) is 18.2 Å². The van der Waals surface area contributed by atoms with Crippen molar-refractivity contribution in [1.29, 1.82) is 0 Å². The molecule has 0 bridgehead atoms. The van der Waals surface area contributed by atoms with Crippen LogP contribution in [0.1, 0.15) is 26.3 Å². The zero-order valence-corrected chi connectivity index (χ0v) is 12.8. The third kappa shape index (κ3) is 4.74. The summed E-state index contributed by atoms with van der Waals surface area (Å²) in [6.45, 7) is 6.32. The lowest BCUT2D eigenvalue weighted by molar-refractivity contribution is -0.123. The van der Waals surface area contributed by atoms with E-state index in [2.05, 4.69) is 10.6 Å². The molecule has 1 aromatic rings. The zero-order chi connectivity index (χ0) is 15.1. The molecule has 0 unspecified atom stereocenters. The zero-order valence-electron chi connectivity index (χ0n) is 12.8. The standard InChI is InChI=1S/C15H24N2O3/c1-10(2)17-15(18)11(3)16-9-12-6-7-13(19-4)14(8-12)20-5/h6-8,10-11,16H,9H2,1-5H3,(H,17,18)/t11-/m1/s1. The van der Waals surface area contributed by atoms with Crippen LogP contribution in [0.4, 0.5) is 0 Å². The lowest BCUT2D eigenvalue weighted by atomic mass is 10.2. The first-order valence-corrected chi connectivity index (χ1v) is 6.72. The molecule has 1 aromatic carbocycles. The fraction of sp³-hybridized carbons (Fsp3) is 0.533. The van der Waals surface area contributed by atoms with Gasteiger partial charge in [0.05, 0.1) is 20.3 Å². The minimum Gasteiger partial charge on any atom is -0.493 e. The van der Waals surface area contributed by atoms with Crippen molar-refractivity contribution in [2.45, 2.75) is 39.4 Å². The van der Waals surface area contributed by atoms with Crippen LogP contribution >= 0.6 is 0 Å². The highest BCUT2D eigenvalue weighted by atomic mass is 16.5. The average Bonchev–Trinajstić information content (AvgIpc) is 2.43. The molecule has 0 fully saturated rings. The predicted octanol–water partition coefficient (Wildman–Crippen LogP) is 1.71. The van der Waals surface area contributed by atoms with E-state index in [0.29, 0.717) is 18.0 Å². The third-order valence-corrected chi connectivity index (χ3v) is 2.88. The molecule has 0 saturated carbocycles. The first-order valence-electron chi connectivity index (χ1n) is 6.72.